The van der Waals surface area contributed by atoms with Crippen LogP contribution < -0.4 is 9.80 Å². The van der Waals surface area contributed by atoms with E-state index in [9.17, 15) is 18.0 Å². The lowest BCUT2D eigenvalue weighted by Crippen LogP contribution is -2.41. The number of piperidine rings is 1. The first kappa shape index (κ1) is 17.1. The fourth-order valence-corrected chi connectivity index (χ4v) is 3.27. The van der Waals surface area contributed by atoms with E-state index >= 15 is 0 Å². The lowest BCUT2D eigenvalue weighted by atomic mass is 10.1. The van der Waals surface area contributed by atoms with Gasteiger partial charge in [0, 0.05) is 29.8 Å². The van der Waals surface area contributed by atoms with E-state index in [1.807, 2.05) is 0 Å². The second-order valence-electron chi connectivity index (χ2n) is 5.23. The van der Waals surface area contributed by atoms with Crippen LogP contribution in [-0.2, 0) is 4.79 Å². The quantitative estimate of drug-likeness (QED) is 0.780. The predicted octanol–water partition coefficient (Wildman–Crippen LogP) is 4.35. The highest BCUT2D eigenvalue weighted by atomic mass is 79.9. The van der Waals surface area contributed by atoms with Gasteiger partial charge in [0.15, 0.2) is 0 Å². The summed E-state index contributed by atoms with van der Waals surface area (Å²) in [6, 6.07) is 4.93. The number of nitrogens with zero attached hydrogens (tertiary/aromatic N) is 2. The van der Waals surface area contributed by atoms with Crippen molar-refractivity contribution in [3.05, 3.63) is 22.7 Å². The largest absolute Gasteiger partial charge is 0.471 e. The summed E-state index contributed by atoms with van der Waals surface area (Å²) in [5.74, 6) is -1.84. The van der Waals surface area contributed by atoms with Gasteiger partial charge in [-0.05, 0) is 60.3 Å². The fraction of sp³-hybridized carbons (Fsp3) is 0.533. The number of halogens is 4. The van der Waals surface area contributed by atoms with Gasteiger partial charge in [0.1, 0.15) is 0 Å². The Kier molecular flexibility index (Phi) is 5.36. The number of carbonyl (C=O) groups excluding carboxylic acids is 1. The molecule has 0 spiro atoms. The van der Waals surface area contributed by atoms with Crippen LogP contribution in [0.5, 0.6) is 0 Å². The number of anilines is 2. The van der Waals surface area contributed by atoms with E-state index in [1.165, 1.54) is 13.3 Å². The van der Waals surface area contributed by atoms with Crippen LogP contribution >= 0.6 is 15.9 Å². The molecule has 0 unspecified atom stereocenters. The Bertz CT molecular complexity index is 542. The normalized spacial score (nSPS) is 15.8. The van der Waals surface area contributed by atoms with Crippen molar-refractivity contribution in [1.29, 1.82) is 0 Å². The number of hydrogen-bond donors (Lipinski definition) is 0. The molecule has 1 amide bonds. The van der Waals surface area contributed by atoms with Crippen LogP contribution in [0.1, 0.15) is 26.2 Å². The lowest BCUT2D eigenvalue weighted by molar-refractivity contribution is -0.170. The molecular weight excluding hydrogens is 361 g/mol. The summed E-state index contributed by atoms with van der Waals surface area (Å²) in [6.45, 7) is 3.37. The fourth-order valence-electron chi connectivity index (χ4n) is 2.65. The van der Waals surface area contributed by atoms with E-state index in [1.54, 1.807) is 18.2 Å². The molecule has 0 atom stereocenters. The van der Waals surface area contributed by atoms with E-state index in [-0.39, 0.29) is 12.2 Å². The molecule has 122 valence electrons. The molecule has 0 N–H and O–H groups in total. The first-order valence-electron chi connectivity index (χ1n) is 7.27. The third-order valence-electron chi connectivity index (χ3n) is 3.74. The van der Waals surface area contributed by atoms with Gasteiger partial charge < -0.3 is 9.80 Å². The Hall–Kier alpha value is -1.24. The highest BCUT2D eigenvalue weighted by molar-refractivity contribution is 9.10. The zero-order chi connectivity index (χ0) is 16.3. The van der Waals surface area contributed by atoms with Crippen LogP contribution in [0.15, 0.2) is 22.7 Å². The van der Waals surface area contributed by atoms with Crippen molar-refractivity contribution in [2.24, 2.45) is 0 Å². The number of benzene rings is 1. The smallest absolute Gasteiger partial charge is 0.371 e. The van der Waals surface area contributed by atoms with E-state index < -0.39 is 12.1 Å². The highest BCUT2D eigenvalue weighted by Gasteiger charge is 2.42. The van der Waals surface area contributed by atoms with Crippen LogP contribution in [0.3, 0.4) is 0 Å². The zero-order valence-corrected chi connectivity index (χ0v) is 13.9. The Balaban J connectivity index is 2.25. The molecule has 1 aliphatic rings. The van der Waals surface area contributed by atoms with Crippen LogP contribution in [0, 0.1) is 0 Å². The third-order valence-corrected chi connectivity index (χ3v) is 4.38. The Morgan fingerprint density at radius 2 is 1.91 bits per heavy atom. The van der Waals surface area contributed by atoms with Crippen molar-refractivity contribution in [3.63, 3.8) is 0 Å². The number of alkyl halides is 3. The van der Waals surface area contributed by atoms with E-state index in [4.69, 9.17) is 0 Å². The van der Waals surface area contributed by atoms with E-state index in [2.05, 4.69) is 20.8 Å². The monoisotopic (exact) mass is 378 g/mol. The first-order valence-corrected chi connectivity index (χ1v) is 8.07. The third kappa shape index (κ3) is 3.74. The van der Waals surface area contributed by atoms with Crippen molar-refractivity contribution in [2.45, 2.75) is 32.4 Å². The molecule has 7 heteroatoms. The SMILES string of the molecule is CCN(C(=O)C(F)(F)F)c1ccc(N2CCCCC2)c(Br)c1. The molecule has 0 bridgehead atoms. The minimum absolute atomic E-state index is 0.0339. The van der Waals surface area contributed by atoms with Crippen LogP contribution in [0.25, 0.3) is 0 Å². The standard InChI is InChI=1S/C15H18BrF3N2O/c1-2-21(14(22)15(17,18)19)11-6-7-13(12(16)10-11)20-8-4-3-5-9-20/h6-7,10H,2-5,8-9H2,1H3. The molecule has 22 heavy (non-hydrogen) atoms. The molecule has 1 fully saturated rings. The molecule has 1 aromatic rings. The maximum Gasteiger partial charge on any atom is 0.471 e. The maximum atomic E-state index is 12.6. The van der Waals surface area contributed by atoms with Crippen molar-refractivity contribution >= 4 is 33.2 Å². The van der Waals surface area contributed by atoms with Gasteiger partial charge in [0.2, 0.25) is 0 Å². The minimum Gasteiger partial charge on any atom is -0.371 e. The van der Waals surface area contributed by atoms with Crippen molar-refractivity contribution in [3.8, 4) is 0 Å². The molecule has 1 heterocycles. The molecule has 0 aliphatic carbocycles. The molecule has 3 nitrogen and oxygen atoms in total. The molecule has 0 saturated carbocycles. The molecule has 1 saturated heterocycles. The second kappa shape index (κ2) is 6.89. The van der Waals surface area contributed by atoms with Gasteiger partial charge in [0.05, 0.1) is 5.69 Å². The van der Waals surface area contributed by atoms with Crippen LogP contribution in [0.4, 0.5) is 24.5 Å². The predicted molar refractivity (Wildman–Crippen MR) is 84.3 cm³/mol. The van der Waals surface area contributed by atoms with Crippen molar-refractivity contribution in [1.82, 2.24) is 0 Å². The van der Waals surface area contributed by atoms with Gasteiger partial charge in [-0.15, -0.1) is 0 Å². The van der Waals surface area contributed by atoms with Gasteiger partial charge in [-0.25, -0.2) is 0 Å². The molecule has 0 radical (unpaired) electrons. The number of rotatable bonds is 3. The topological polar surface area (TPSA) is 23.6 Å². The van der Waals surface area contributed by atoms with Gasteiger partial charge in [-0.3, -0.25) is 4.79 Å². The Morgan fingerprint density at radius 1 is 1.27 bits per heavy atom. The van der Waals surface area contributed by atoms with Crippen molar-refractivity contribution < 1.29 is 18.0 Å². The van der Waals surface area contributed by atoms with Crippen molar-refractivity contribution in [2.75, 3.05) is 29.4 Å². The summed E-state index contributed by atoms with van der Waals surface area (Å²) >= 11 is 3.42. The number of hydrogen-bond acceptors (Lipinski definition) is 2. The molecule has 1 aliphatic heterocycles. The molecule has 1 aromatic carbocycles. The summed E-state index contributed by atoms with van der Waals surface area (Å²) in [4.78, 5) is 14.4. The highest BCUT2D eigenvalue weighted by Crippen LogP contribution is 2.33. The summed E-state index contributed by atoms with van der Waals surface area (Å²) < 4.78 is 38.6. The average molecular weight is 379 g/mol. The summed E-state index contributed by atoms with van der Waals surface area (Å²) in [5.41, 5.74) is 1.21. The van der Waals surface area contributed by atoms with E-state index in [0.717, 1.165) is 36.5 Å². The Labute approximate surface area is 136 Å². The van der Waals surface area contributed by atoms with Gasteiger partial charge in [-0.2, -0.15) is 13.2 Å². The first-order chi connectivity index (χ1) is 10.3. The molecule has 0 aromatic heterocycles. The zero-order valence-electron chi connectivity index (χ0n) is 12.3. The lowest BCUT2D eigenvalue weighted by Gasteiger charge is -2.30. The maximum absolute atomic E-state index is 12.6. The van der Waals surface area contributed by atoms with Gasteiger partial charge in [-0.1, -0.05) is 0 Å². The summed E-state index contributed by atoms with van der Waals surface area (Å²) in [5, 5.41) is 0. The van der Waals surface area contributed by atoms with Gasteiger partial charge in [0.25, 0.3) is 0 Å². The van der Waals surface area contributed by atoms with Crippen LogP contribution in [0.2, 0.25) is 0 Å². The number of amides is 1. The Morgan fingerprint density at radius 3 is 2.41 bits per heavy atom. The number of carbonyl (C=O) groups is 1. The average Bonchev–Trinajstić information content (AvgIpc) is 2.48. The summed E-state index contributed by atoms with van der Waals surface area (Å²) in [7, 11) is 0. The molecule has 2 rings (SSSR count). The van der Waals surface area contributed by atoms with Crippen LogP contribution in [-0.4, -0.2) is 31.7 Å². The second-order valence-corrected chi connectivity index (χ2v) is 6.08. The minimum atomic E-state index is -4.87. The van der Waals surface area contributed by atoms with Gasteiger partial charge >= 0.3 is 12.1 Å². The van der Waals surface area contributed by atoms with E-state index in [0.29, 0.717) is 4.47 Å². The molecular formula is C15H18BrF3N2O. The summed E-state index contributed by atoms with van der Waals surface area (Å²) in [6.07, 6.45) is -1.44.